The molecule has 1 amide bonds. The van der Waals surface area contributed by atoms with Crippen LogP contribution in [0.3, 0.4) is 0 Å². The van der Waals surface area contributed by atoms with Gasteiger partial charge in [0.1, 0.15) is 0 Å². The molecule has 1 aliphatic rings. The first kappa shape index (κ1) is 16.0. The Kier molecular flexibility index (Phi) is 5.79. The maximum absolute atomic E-state index is 12.0. The predicted octanol–water partition coefficient (Wildman–Crippen LogP) is 1.18. The van der Waals surface area contributed by atoms with Crippen LogP contribution < -0.4 is 5.73 Å². The highest BCUT2D eigenvalue weighted by Gasteiger charge is 2.37. The molecule has 19 heavy (non-hydrogen) atoms. The van der Waals surface area contributed by atoms with Crippen LogP contribution in [0.1, 0.15) is 33.6 Å². The summed E-state index contributed by atoms with van der Waals surface area (Å²) in [6.45, 7) is 7.64. The average Bonchev–Trinajstić information content (AvgIpc) is 2.24. The summed E-state index contributed by atoms with van der Waals surface area (Å²) in [6, 6.07) is 0. The molecule has 0 radical (unpaired) electrons. The third-order valence-electron chi connectivity index (χ3n) is 3.96. The summed E-state index contributed by atoms with van der Waals surface area (Å²) in [5, 5.41) is 8.90. The van der Waals surface area contributed by atoms with Crippen LogP contribution >= 0.6 is 0 Å². The van der Waals surface area contributed by atoms with Crippen LogP contribution in [0.25, 0.3) is 0 Å². The highest BCUT2D eigenvalue weighted by Crippen LogP contribution is 2.26. The second-order valence-corrected chi connectivity index (χ2v) is 6.12. The number of amides is 1. The number of aliphatic carboxylic acids is 1. The Morgan fingerprint density at radius 2 is 1.89 bits per heavy atom. The molecule has 2 atom stereocenters. The number of carbonyl (C=O) groups is 2. The molecule has 0 aromatic carbocycles. The molecule has 1 heterocycles. The molecule has 0 saturated carbocycles. The number of carbonyl (C=O) groups excluding carboxylic acids is 1. The van der Waals surface area contributed by atoms with Gasteiger partial charge in [-0.3, -0.25) is 9.59 Å². The summed E-state index contributed by atoms with van der Waals surface area (Å²) in [6.07, 6.45) is 1.45. The number of rotatable bonds is 7. The minimum absolute atomic E-state index is 0.0999. The van der Waals surface area contributed by atoms with Crippen molar-refractivity contribution >= 4 is 11.9 Å². The van der Waals surface area contributed by atoms with E-state index in [4.69, 9.17) is 10.8 Å². The third-order valence-corrected chi connectivity index (χ3v) is 3.96. The van der Waals surface area contributed by atoms with Gasteiger partial charge in [-0.15, -0.1) is 0 Å². The van der Waals surface area contributed by atoms with Crippen molar-refractivity contribution in [2.75, 3.05) is 19.6 Å². The molecule has 1 saturated heterocycles. The highest BCUT2D eigenvalue weighted by molar-refractivity contribution is 5.78. The Labute approximate surface area is 115 Å². The second-order valence-electron chi connectivity index (χ2n) is 6.12. The van der Waals surface area contributed by atoms with Crippen LogP contribution in [-0.4, -0.2) is 41.5 Å². The minimum Gasteiger partial charge on any atom is -0.481 e. The fourth-order valence-corrected chi connectivity index (χ4v) is 2.54. The average molecular weight is 270 g/mol. The van der Waals surface area contributed by atoms with E-state index in [-0.39, 0.29) is 23.7 Å². The molecule has 0 aromatic rings. The normalized spacial score (nSPS) is 19.1. The number of nitrogens with two attached hydrogens (primary N) is 1. The number of likely N-dealkylation sites (tertiary alicyclic amines) is 1. The van der Waals surface area contributed by atoms with Crippen molar-refractivity contribution in [3.63, 3.8) is 0 Å². The van der Waals surface area contributed by atoms with Crippen molar-refractivity contribution in [2.24, 2.45) is 29.4 Å². The van der Waals surface area contributed by atoms with Gasteiger partial charge >= 0.3 is 5.97 Å². The van der Waals surface area contributed by atoms with Gasteiger partial charge < -0.3 is 15.7 Å². The summed E-state index contributed by atoms with van der Waals surface area (Å²) in [4.78, 5) is 24.6. The number of carboxylic acids is 1. The fraction of sp³-hybridized carbons (Fsp3) is 0.857. The Morgan fingerprint density at radius 1 is 1.32 bits per heavy atom. The number of nitrogens with zero attached hydrogens (tertiary/aromatic N) is 1. The van der Waals surface area contributed by atoms with Crippen molar-refractivity contribution in [1.82, 2.24) is 4.90 Å². The quantitative estimate of drug-likeness (QED) is 0.727. The van der Waals surface area contributed by atoms with Gasteiger partial charge in [0.25, 0.3) is 0 Å². The molecule has 110 valence electrons. The van der Waals surface area contributed by atoms with Crippen molar-refractivity contribution in [3.05, 3.63) is 0 Å². The monoisotopic (exact) mass is 270 g/mol. The molecule has 5 nitrogen and oxygen atoms in total. The molecular formula is C14H26N2O3. The van der Waals surface area contributed by atoms with Gasteiger partial charge in [-0.2, -0.15) is 0 Å². The molecule has 0 bridgehead atoms. The first-order valence-electron chi connectivity index (χ1n) is 7.05. The topological polar surface area (TPSA) is 83.6 Å². The Bertz CT molecular complexity index is 325. The van der Waals surface area contributed by atoms with E-state index in [0.717, 1.165) is 6.42 Å². The van der Waals surface area contributed by atoms with Crippen molar-refractivity contribution < 1.29 is 14.7 Å². The zero-order valence-electron chi connectivity index (χ0n) is 12.1. The van der Waals surface area contributed by atoms with Crippen LogP contribution in [0, 0.1) is 23.7 Å². The van der Waals surface area contributed by atoms with E-state index in [1.807, 2.05) is 0 Å². The van der Waals surface area contributed by atoms with Gasteiger partial charge in [-0.05, 0) is 24.8 Å². The summed E-state index contributed by atoms with van der Waals surface area (Å²) in [7, 11) is 0. The van der Waals surface area contributed by atoms with Crippen molar-refractivity contribution in [1.29, 1.82) is 0 Å². The van der Waals surface area contributed by atoms with Crippen molar-refractivity contribution in [3.8, 4) is 0 Å². The van der Waals surface area contributed by atoms with E-state index in [9.17, 15) is 9.59 Å². The van der Waals surface area contributed by atoms with Crippen LogP contribution in [0.5, 0.6) is 0 Å². The van der Waals surface area contributed by atoms with E-state index in [2.05, 4.69) is 13.8 Å². The zero-order valence-corrected chi connectivity index (χ0v) is 12.1. The maximum atomic E-state index is 12.0. The predicted molar refractivity (Wildman–Crippen MR) is 73.5 cm³/mol. The molecule has 5 heteroatoms. The molecule has 0 aromatic heterocycles. The van der Waals surface area contributed by atoms with Gasteiger partial charge in [0.2, 0.25) is 5.91 Å². The lowest BCUT2D eigenvalue weighted by molar-refractivity contribution is -0.150. The molecule has 1 rings (SSSR count). The maximum Gasteiger partial charge on any atom is 0.306 e. The first-order valence-corrected chi connectivity index (χ1v) is 7.05. The van der Waals surface area contributed by atoms with E-state index in [0.29, 0.717) is 32.0 Å². The fourth-order valence-electron chi connectivity index (χ4n) is 2.54. The molecule has 3 N–H and O–H groups in total. The SMILES string of the molecule is CC(C)CC(CN)CC(=O)N1CC(C(C)C(=O)O)C1. The number of hydrogen-bond acceptors (Lipinski definition) is 3. The van der Waals surface area contributed by atoms with Crippen LogP contribution in [0.15, 0.2) is 0 Å². The van der Waals surface area contributed by atoms with Gasteiger partial charge in [-0.1, -0.05) is 20.8 Å². The number of hydrogen-bond donors (Lipinski definition) is 2. The Balaban J connectivity index is 2.35. The summed E-state index contributed by atoms with van der Waals surface area (Å²) in [5.41, 5.74) is 5.70. The van der Waals surface area contributed by atoms with Gasteiger partial charge in [-0.25, -0.2) is 0 Å². The zero-order chi connectivity index (χ0) is 14.6. The molecule has 1 aliphatic heterocycles. The first-order chi connectivity index (χ1) is 8.85. The molecular weight excluding hydrogens is 244 g/mol. The summed E-state index contributed by atoms with van der Waals surface area (Å²) < 4.78 is 0. The van der Waals surface area contributed by atoms with Gasteiger partial charge in [0, 0.05) is 25.4 Å². The summed E-state index contributed by atoms with van der Waals surface area (Å²) >= 11 is 0. The van der Waals surface area contributed by atoms with Gasteiger partial charge in [0.05, 0.1) is 5.92 Å². The van der Waals surface area contributed by atoms with Crippen LogP contribution in [-0.2, 0) is 9.59 Å². The highest BCUT2D eigenvalue weighted by atomic mass is 16.4. The smallest absolute Gasteiger partial charge is 0.306 e. The summed E-state index contributed by atoms with van der Waals surface area (Å²) in [5.74, 6) is -0.157. The molecule has 1 fully saturated rings. The van der Waals surface area contributed by atoms with E-state index < -0.39 is 5.97 Å². The lowest BCUT2D eigenvalue weighted by Crippen LogP contribution is -2.53. The lowest BCUT2D eigenvalue weighted by atomic mass is 9.86. The molecule has 2 unspecified atom stereocenters. The standard InChI is InChI=1S/C14H26N2O3/c1-9(2)4-11(6-15)5-13(17)16-7-12(8-16)10(3)14(18)19/h9-12H,4-8,15H2,1-3H3,(H,18,19). The molecule has 0 aliphatic carbocycles. The van der Waals surface area contributed by atoms with Crippen molar-refractivity contribution in [2.45, 2.75) is 33.6 Å². The van der Waals surface area contributed by atoms with Crippen LogP contribution in [0.2, 0.25) is 0 Å². The Morgan fingerprint density at radius 3 is 2.32 bits per heavy atom. The third kappa shape index (κ3) is 4.49. The Hall–Kier alpha value is -1.10. The lowest BCUT2D eigenvalue weighted by Gasteiger charge is -2.41. The van der Waals surface area contributed by atoms with E-state index in [1.54, 1.807) is 11.8 Å². The molecule has 0 spiro atoms. The number of carboxylic acid groups (broad SMARTS) is 1. The largest absolute Gasteiger partial charge is 0.481 e. The van der Waals surface area contributed by atoms with Crippen LogP contribution in [0.4, 0.5) is 0 Å². The van der Waals surface area contributed by atoms with E-state index >= 15 is 0 Å². The van der Waals surface area contributed by atoms with Gasteiger partial charge in [0.15, 0.2) is 0 Å². The minimum atomic E-state index is -0.781. The second kappa shape index (κ2) is 6.89. The van der Waals surface area contributed by atoms with E-state index in [1.165, 1.54) is 0 Å².